The third kappa shape index (κ3) is 3.24. The molecule has 4 unspecified atom stereocenters. The summed E-state index contributed by atoms with van der Waals surface area (Å²) in [5.74, 6) is 3.77. The van der Waals surface area contributed by atoms with Gasteiger partial charge in [-0.1, -0.05) is 30.4 Å². The summed E-state index contributed by atoms with van der Waals surface area (Å²) in [6.07, 6.45) is 7.70. The van der Waals surface area contributed by atoms with Crippen molar-refractivity contribution >= 4 is 11.8 Å². The molecule has 0 radical (unpaired) electrons. The summed E-state index contributed by atoms with van der Waals surface area (Å²) in [6, 6.07) is 11.3. The Morgan fingerprint density at radius 1 is 1.21 bits per heavy atom. The van der Waals surface area contributed by atoms with Gasteiger partial charge in [-0.15, -0.1) is 11.8 Å². The molecule has 1 aromatic carbocycles. The Morgan fingerprint density at radius 3 is 2.74 bits per heavy atom. The molecule has 1 nitrogen and oxygen atoms in total. The summed E-state index contributed by atoms with van der Waals surface area (Å²) in [5, 5.41) is 3.72. The van der Waals surface area contributed by atoms with Crippen LogP contribution in [0.5, 0.6) is 0 Å². The summed E-state index contributed by atoms with van der Waals surface area (Å²) < 4.78 is 0. The minimum Gasteiger partial charge on any atom is -0.313 e. The highest BCUT2D eigenvalue weighted by molar-refractivity contribution is 7.99. The highest BCUT2D eigenvalue weighted by Crippen LogP contribution is 2.44. The lowest BCUT2D eigenvalue weighted by Gasteiger charge is -2.26. The largest absolute Gasteiger partial charge is 0.313 e. The van der Waals surface area contributed by atoms with Gasteiger partial charge in [0.1, 0.15) is 0 Å². The second-order valence-corrected chi connectivity index (χ2v) is 7.02. The van der Waals surface area contributed by atoms with Gasteiger partial charge in [-0.3, -0.25) is 0 Å². The van der Waals surface area contributed by atoms with Gasteiger partial charge in [0.15, 0.2) is 0 Å². The molecule has 1 aromatic rings. The zero-order chi connectivity index (χ0) is 13.1. The number of allylic oxidation sites excluding steroid dienone is 2. The van der Waals surface area contributed by atoms with Crippen molar-refractivity contribution in [2.75, 3.05) is 12.3 Å². The van der Waals surface area contributed by atoms with E-state index in [2.05, 4.69) is 54.7 Å². The van der Waals surface area contributed by atoms with Crippen LogP contribution in [0.3, 0.4) is 0 Å². The molecule has 2 heteroatoms. The molecule has 3 rings (SSSR count). The highest BCUT2D eigenvalue weighted by atomic mass is 32.2. The second-order valence-electron chi connectivity index (χ2n) is 5.85. The van der Waals surface area contributed by atoms with Crippen molar-refractivity contribution in [2.24, 2.45) is 17.8 Å². The molecule has 1 saturated carbocycles. The average Bonchev–Trinajstić information content (AvgIpc) is 3.07. The number of fused-ring (bicyclic) bond motifs is 2. The van der Waals surface area contributed by atoms with Crippen LogP contribution in [0.2, 0.25) is 0 Å². The fourth-order valence-corrected chi connectivity index (χ4v) is 4.33. The van der Waals surface area contributed by atoms with Crippen LogP contribution in [0.15, 0.2) is 47.4 Å². The van der Waals surface area contributed by atoms with Crippen LogP contribution in [-0.4, -0.2) is 18.3 Å². The van der Waals surface area contributed by atoms with E-state index in [-0.39, 0.29) is 0 Å². The maximum atomic E-state index is 3.72. The quantitative estimate of drug-likeness (QED) is 0.478. The van der Waals surface area contributed by atoms with Crippen molar-refractivity contribution in [3.8, 4) is 0 Å². The van der Waals surface area contributed by atoms with Gasteiger partial charge in [0.25, 0.3) is 0 Å². The smallest absolute Gasteiger partial charge is 0.0106 e. The summed E-state index contributed by atoms with van der Waals surface area (Å²) in [4.78, 5) is 1.37. The summed E-state index contributed by atoms with van der Waals surface area (Å²) in [7, 11) is 0. The summed E-state index contributed by atoms with van der Waals surface area (Å²) in [6.45, 7) is 3.48. The molecule has 2 bridgehead atoms. The first-order valence-electron chi connectivity index (χ1n) is 7.42. The molecule has 0 aliphatic heterocycles. The van der Waals surface area contributed by atoms with Crippen LogP contribution in [0.1, 0.15) is 19.8 Å². The van der Waals surface area contributed by atoms with Gasteiger partial charge < -0.3 is 5.32 Å². The Bertz CT molecular complexity index is 428. The first kappa shape index (κ1) is 13.3. The molecular weight excluding hydrogens is 250 g/mol. The average molecular weight is 273 g/mol. The fourth-order valence-electron chi connectivity index (χ4n) is 3.52. The van der Waals surface area contributed by atoms with Gasteiger partial charge in [0, 0.05) is 23.2 Å². The lowest BCUT2D eigenvalue weighted by Crippen LogP contribution is -2.36. The predicted octanol–water partition coefficient (Wildman–Crippen LogP) is 3.97. The molecule has 2 aliphatic carbocycles. The maximum Gasteiger partial charge on any atom is 0.0106 e. The number of thioether (sulfide) groups is 1. The van der Waals surface area contributed by atoms with Crippen molar-refractivity contribution < 1.29 is 0 Å². The van der Waals surface area contributed by atoms with Gasteiger partial charge in [-0.25, -0.2) is 0 Å². The first-order valence-corrected chi connectivity index (χ1v) is 8.41. The number of benzene rings is 1. The monoisotopic (exact) mass is 273 g/mol. The first-order chi connectivity index (χ1) is 9.33. The molecule has 0 amide bonds. The topological polar surface area (TPSA) is 12.0 Å². The van der Waals surface area contributed by atoms with Crippen LogP contribution < -0.4 is 5.32 Å². The normalized spacial score (nSPS) is 29.8. The molecule has 19 heavy (non-hydrogen) atoms. The van der Waals surface area contributed by atoms with E-state index in [4.69, 9.17) is 0 Å². The van der Waals surface area contributed by atoms with E-state index in [0.717, 1.165) is 30.1 Å². The van der Waals surface area contributed by atoms with Gasteiger partial charge >= 0.3 is 0 Å². The molecule has 1 N–H and O–H groups in total. The third-order valence-electron chi connectivity index (χ3n) is 4.55. The molecule has 1 fully saturated rings. The van der Waals surface area contributed by atoms with E-state index in [1.165, 1.54) is 17.7 Å². The van der Waals surface area contributed by atoms with Crippen molar-refractivity contribution in [3.63, 3.8) is 0 Å². The summed E-state index contributed by atoms with van der Waals surface area (Å²) in [5.41, 5.74) is 0. The van der Waals surface area contributed by atoms with Crippen LogP contribution in [0.25, 0.3) is 0 Å². The maximum absolute atomic E-state index is 3.72. The minimum atomic E-state index is 0.663. The molecule has 4 atom stereocenters. The Hall–Kier alpha value is -0.730. The van der Waals surface area contributed by atoms with Crippen LogP contribution >= 0.6 is 11.8 Å². The molecule has 0 saturated heterocycles. The Labute approximate surface area is 120 Å². The minimum absolute atomic E-state index is 0.663. The molecule has 102 valence electrons. The van der Waals surface area contributed by atoms with E-state index in [9.17, 15) is 0 Å². The van der Waals surface area contributed by atoms with E-state index in [1.54, 1.807) is 0 Å². The number of hydrogen-bond acceptors (Lipinski definition) is 2. The van der Waals surface area contributed by atoms with E-state index in [1.807, 2.05) is 11.8 Å². The van der Waals surface area contributed by atoms with Crippen LogP contribution in [0, 0.1) is 17.8 Å². The lowest BCUT2D eigenvalue weighted by atomic mass is 9.87. The molecule has 0 aromatic heterocycles. The predicted molar refractivity (Wildman–Crippen MR) is 83.5 cm³/mol. The van der Waals surface area contributed by atoms with Crippen molar-refractivity contribution in [1.82, 2.24) is 5.32 Å². The van der Waals surface area contributed by atoms with Gasteiger partial charge in [-0.2, -0.15) is 0 Å². The third-order valence-corrected chi connectivity index (χ3v) is 5.57. The van der Waals surface area contributed by atoms with E-state index < -0.39 is 0 Å². The molecular formula is C17H23NS. The van der Waals surface area contributed by atoms with Crippen LogP contribution in [0.4, 0.5) is 0 Å². The molecule has 0 spiro atoms. The van der Waals surface area contributed by atoms with E-state index >= 15 is 0 Å². The number of nitrogens with one attached hydrogen (secondary N) is 1. The Balaban J connectivity index is 1.37. The van der Waals surface area contributed by atoms with E-state index in [0.29, 0.717) is 6.04 Å². The van der Waals surface area contributed by atoms with Gasteiger partial charge in [0.2, 0.25) is 0 Å². The molecule has 2 aliphatic rings. The van der Waals surface area contributed by atoms with Crippen molar-refractivity contribution in [3.05, 3.63) is 42.5 Å². The Kier molecular flexibility index (Phi) is 4.29. The zero-order valence-corrected chi connectivity index (χ0v) is 12.4. The fraction of sp³-hybridized carbons (Fsp3) is 0.529. The highest BCUT2D eigenvalue weighted by Gasteiger charge is 2.38. The van der Waals surface area contributed by atoms with Gasteiger partial charge in [-0.05, 0) is 49.7 Å². The van der Waals surface area contributed by atoms with Crippen molar-refractivity contribution in [1.29, 1.82) is 0 Å². The zero-order valence-electron chi connectivity index (χ0n) is 11.6. The molecule has 0 heterocycles. The standard InChI is InChI=1S/C17H23NS/c1-13(17-12-14-7-8-15(17)11-14)18-9-10-19-16-5-3-2-4-6-16/h2-8,13-15,17-18H,9-12H2,1H3. The van der Waals surface area contributed by atoms with Crippen LogP contribution in [-0.2, 0) is 0 Å². The SMILES string of the molecule is CC(NCCSc1ccccc1)C1CC2C=CC1C2. The van der Waals surface area contributed by atoms with Crippen molar-refractivity contribution in [2.45, 2.75) is 30.7 Å². The van der Waals surface area contributed by atoms with Gasteiger partial charge in [0.05, 0.1) is 0 Å². The summed E-state index contributed by atoms with van der Waals surface area (Å²) >= 11 is 1.94. The lowest BCUT2D eigenvalue weighted by molar-refractivity contribution is 0.333. The number of rotatable bonds is 6. The second kappa shape index (κ2) is 6.15. The number of hydrogen-bond donors (Lipinski definition) is 1. The Morgan fingerprint density at radius 2 is 2.05 bits per heavy atom.